The van der Waals surface area contributed by atoms with Crippen LogP contribution in [0.3, 0.4) is 0 Å². The molecule has 0 saturated heterocycles. The van der Waals surface area contributed by atoms with E-state index in [2.05, 4.69) is 25.1 Å². The second-order valence-corrected chi connectivity index (χ2v) is 4.80. The molecule has 2 unspecified atom stereocenters. The fraction of sp³-hybridized carbons (Fsp3) is 0.571. The molecule has 0 amide bonds. The normalized spacial score (nSPS) is 19.4. The first-order valence-corrected chi connectivity index (χ1v) is 5.97. The van der Waals surface area contributed by atoms with Crippen LogP contribution in [0, 0.1) is 12.8 Å². The van der Waals surface area contributed by atoms with E-state index in [1.165, 1.54) is 24.0 Å². The molecular formula is C14H20O2. The summed E-state index contributed by atoms with van der Waals surface area (Å²) in [5.41, 5.74) is 2.43. The molecule has 2 heteroatoms. The molecule has 0 radical (unpaired) electrons. The molecular weight excluding hydrogens is 200 g/mol. The number of aliphatic hydroxyl groups is 1. The maximum Gasteiger partial charge on any atom is 0.0861 e. The summed E-state index contributed by atoms with van der Waals surface area (Å²) in [6, 6.07) is 8.31. The minimum Gasteiger partial charge on any atom is -0.390 e. The highest BCUT2D eigenvalue weighted by atomic mass is 16.5. The van der Waals surface area contributed by atoms with Gasteiger partial charge in [-0.2, -0.15) is 0 Å². The van der Waals surface area contributed by atoms with Crippen molar-refractivity contribution >= 4 is 0 Å². The number of aryl methyl sites for hydroxylation is 1. The topological polar surface area (TPSA) is 29.5 Å². The van der Waals surface area contributed by atoms with Gasteiger partial charge in [-0.15, -0.1) is 0 Å². The Morgan fingerprint density at radius 2 is 2.19 bits per heavy atom. The molecule has 1 aliphatic rings. The van der Waals surface area contributed by atoms with E-state index in [0.717, 1.165) is 0 Å². The third-order valence-corrected chi connectivity index (χ3v) is 3.27. The van der Waals surface area contributed by atoms with Gasteiger partial charge in [0.2, 0.25) is 0 Å². The van der Waals surface area contributed by atoms with Crippen molar-refractivity contribution in [3.05, 3.63) is 35.4 Å². The molecule has 0 bridgehead atoms. The number of ether oxygens (including phenoxy) is 1. The maximum absolute atomic E-state index is 10.1. The lowest BCUT2D eigenvalue weighted by Crippen LogP contribution is -2.31. The van der Waals surface area contributed by atoms with Crippen molar-refractivity contribution in [2.45, 2.75) is 38.4 Å². The number of rotatable bonds is 5. The van der Waals surface area contributed by atoms with E-state index in [-0.39, 0.29) is 12.2 Å². The summed E-state index contributed by atoms with van der Waals surface area (Å²) in [5, 5.41) is 10.1. The molecule has 88 valence electrons. The predicted molar refractivity (Wildman–Crippen MR) is 64.4 cm³/mol. The van der Waals surface area contributed by atoms with Gasteiger partial charge in [0.25, 0.3) is 0 Å². The molecule has 1 saturated carbocycles. The maximum atomic E-state index is 10.1. The van der Waals surface area contributed by atoms with E-state index < -0.39 is 0 Å². The van der Waals surface area contributed by atoms with Crippen LogP contribution in [-0.4, -0.2) is 24.4 Å². The number of hydrogen-bond donors (Lipinski definition) is 1. The summed E-state index contributed by atoms with van der Waals surface area (Å²) in [6.45, 7) is 2.07. The Hall–Kier alpha value is -0.860. The molecule has 2 atom stereocenters. The number of methoxy groups -OCH3 is 1. The van der Waals surface area contributed by atoms with Gasteiger partial charge in [0, 0.05) is 13.5 Å². The van der Waals surface area contributed by atoms with Crippen molar-refractivity contribution in [3.8, 4) is 0 Å². The van der Waals surface area contributed by atoms with Gasteiger partial charge in [-0.3, -0.25) is 0 Å². The van der Waals surface area contributed by atoms with E-state index in [4.69, 9.17) is 4.74 Å². The van der Waals surface area contributed by atoms with Crippen molar-refractivity contribution in [2.24, 2.45) is 5.92 Å². The predicted octanol–water partition coefficient (Wildman–Crippen LogP) is 2.32. The Kier molecular flexibility index (Phi) is 3.62. The molecule has 0 heterocycles. The van der Waals surface area contributed by atoms with Gasteiger partial charge in [0.1, 0.15) is 0 Å². The zero-order chi connectivity index (χ0) is 11.5. The third kappa shape index (κ3) is 2.83. The van der Waals surface area contributed by atoms with Gasteiger partial charge < -0.3 is 9.84 Å². The average molecular weight is 220 g/mol. The van der Waals surface area contributed by atoms with Gasteiger partial charge in [-0.1, -0.05) is 29.8 Å². The van der Waals surface area contributed by atoms with Crippen LogP contribution < -0.4 is 0 Å². The van der Waals surface area contributed by atoms with Gasteiger partial charge in [-0.25, -0.2) is 0 Å². The fourth-order valence-corrected chi connectivity index (χ4v) is 2.29. The zero-order valence-corrected chi connectivity index (χ0v) is 10.0. The summed E-state index contributed by atoms with van der Waals surface area (Å²) in [7, 11) is 1.70. The summed E-state index contributed by atoms with van der Waals surface area (Å²) in [4.78, 5) is 0. The smallest absolute Gasteiger partial charge is 0.0861 e. The van der Waals surface area contributed by atoms with Crippen LogP contribution in [0.1, 0.15) is 24.0 Å². The quantitative estimate of drug-likeness (QED) is 0.825. The molecule has 0 aliphatic heterocycles. The summed E-state index contributed by atoms with van der Waals surface area (Å²) < 4.78 is 5.39. The van der Waals surface area contributed by atoms with Crippen LogP contribution in [0.15, 0.2) is 24.3 Å². The first kappa shape index (κ1) is 11.6. The molecule has 1 fully saturated rings. The molecule has 2 nitrogen and oxygen atoms in total. The highest BCUT2D eigenvalue weighted by Crippen LogP contribution is 2.36. The van der Waals surface area contributed by atoms with Crippen LogP contribution in [0.25, 0.3) is 0 Å². The molecule has 1 N–H and O–H groups in total. The van der Waals surface area contributed by atoms with Crippen molar-refractivity contribution < 1.29 is 9.84 Å². The number of hydrogen-bond acceptors (Lipinski definition) is 2. The molecule has 1 aliphatic carbocycles. The van der Waals surface area contributed by atoms with E-state index in [1.807, 2.05) is 6.07 Å². The summed E-state index contributed by atoms with van der Waals surface area (Å²) in [5.74, 6) is 0.574. The molecule has 1 aromatic carbocycles. The minimum atomic E-state index is -0.376. The van der Waals surface area contributed by atoms with Gasteiger partial charge >= 0.3 is 0 Å². The summed E-state index contributed by atoms with van der Waals surface area (Å²) >= 11 is 0. The Labute approximate surface area is 97.3 Å². The Morgan fingerprint density at radius 3 is 2.75 bits per heavy atom. The lowest BCUT2D eigenvalue weighted by atomic mass is 10.00. The van der Waals surface area contributed by atoms with Crippen molar-refractivity contribution in [3.63, 3.8) is 0 Å². The zero-order valence-electron chi connectivity index (χ0n) is 10.0. The van der Waals surface area contributed by atoms with Crippen LogP contribution in [-0.2, 0) is 11.2 Å². The fourth-order valence-electron chi connectivity index (χ4n) is 2.29. The van der Waals surface area contributed by atoms with Crippen LogP contribution >= 0.6 is 0 Å². The molecule has 0 aromatic heterocycles. The van der Waals surface area contributed by atoms with Crippen molar-refractivity contribution in [1.82, 2.24) is 0 Å². The van der Waals surface area contributed by atoms with Gasteiger partial charge in [0.15, 0.2) is 0 Å². The minimum absolute atomic E-state index is 0.0144. The lowest BCUT2D eigenvalue weighted by Gasteiger charge is -2.21. The molecule has 2 rings (SSSR count). The monoisotopic (exact) mass is 220 g/mol. The van der Waals surface area contributed by atoms with E-state index >= 15 is 0 Å². The molecule has 0 spiro atoms. The van der Waals surface area contributed by atoms with Crippen molar-refractivity contribution in [2.75, 3.05) is 7.11 Å². The van der Waals surface area contributed by atoms with Gasteiger partial charge in [0.05, 0.1) is 12.2 Å². The van der Waals surface area contributed by atoms with Gasteiger partial charge in [-0.05, 0) is 31.2 Å². The van der Waals surface area contributed by atoms with Crippen LogP contribution in [0.4, 0.5) is 0 Å². The van der Waals surface area contributed by atoms with Crippen LogP contribution in [0.5, 0.6) is 0 Å². The number of benzene rings is 1. The Morgan fingerprint density at radius 1 is 1.44 bits per heavy atom. The second kappa shape index (κ2) is 4.98. The van der Waals surface area contributed by atoms with Crippen LogP contribution in [0.2, 0.25) is 0 Å². The Balaban J connectivity index is 1.97. The largest absolute Gasteiger partial charge is 0.390 e. The first-order chi connectivity index (χ1) is 7.70. The highest BCUT2D eigenvalue weighted by Gasteiger charge is 2.35. The molecule has 16 heavy (non-hydrogen) atoms. The van der Waals surface area contributed by atoms with E-state index in [1.54, 1.807) is 7.11 Å². The SMILES string of the molecule is COC(C(O)Cc1cccc(C)c1)C1CC1. The standard InChI is InChI=1S/C14H20O2/c1-10-4-3-5-11(8-10)9-13(15)14(16-2)12-6-7-12/h3-5,8,12-15H,6-7,9H2,1-2H3. The second-order valence-electron chi connectivity index (χ2n) is 4.80. The van der Waals surface area contributed by atoms with E-state index in [9.17, 15) is 5.11 Å². The first-order valence-electron chi connectivity index (χ1n) is 5.97. The molecule has 1 aromatic rings. The highest BCUT2D eigenvalue weighted by molar-refractivity contribution is 5.23. The van der Waals surface area contributed by atoms with Crippen molar-refractivity contribution in [1.29, 1.82) is 0 Å². The lowest BCUT2D eigenvalue weighted by molar-refractivity contribution is -0.0237. The average Bonchev–Trinajstić information content (AvgIpc) is 3.03. The Bertz CT molecular complexity index is 344. The summed E-state index contributed by atoms with van der Waals surface area (Å²) in [6.07, 6.45) is 2.73. The third-order valence-electron chi connectivity index (χ3n) is 3.27. The van der Waals surface area contributed by atoms with E-state index in [0.29, 0.717) is 12.3 Å². The number of aliphatic hydroxyl groups excluding tert-OH is 1.